The monoisotopic (exact) mass is 222 g/mol. The van der Waals surface area contributed by atoms with Gasteiger partial charge >= 0.3 is 5.97 Å². The fraction of sp³-hybridized carbons (Fsp3) is 0.500. The zero-order valence-corrected chi connectivity index (χ0v) is 9.93. The second kappa shape index (κ2) is 6.23. The van der Waals surface area contributed by atoms with Crippen LogP contribution in [0.25, 0.3) is 0 Å². The van der Waals surface area contributed by atoms with Crippen molar-refractivity contribution >= 4 is 5.97 Å². The summed E-state index contributed by atoms with van der Waals surface area (Å²) in [5.74, 6) is -0.336. The van der Waals surface area contributed by atoms with Crippen molar-refractivity contribution in [2.24, 2.45) is 5.92 Å². The predicted molar refractivity (Wildman–Crippen MR) is 61.8 cm³/mol. The summed E-state index contributed by atoms with van der Waals surface area (Å²) >= 11 is 0. The molecular weight excluding hydrogens is 204 g/mol. The van der Waals surface area contributed by atoms with Gasteiger partial charge in [0.15, 0.2) is 0 Å². The fourth-order valence-electron chi connectivity index (χ4n) is 1.37. The van der Waals surface area contributed by atoms with Crippen LogP contribution in [0, 0.1) is 5.92 Å². The molecule has 2 unspecified atom stereocenters. The normalized spacial score (nSPS) is 14.2. The first-order chi connectivity index (χ1) is 7.65. The molecule has 0 saturated heterocycles. The highest BCUT2D eigenvalue weighted by Crippen LogP contribution is 2.08. The molecular formula is C12H18N2O2. The Kier molecular flexibility index (Phi) is 4.92. The van der Waals surface area contributed by atoms with E-state index in [-0.39, 0.29) is 17.9 Å². The lowest BCUT2D eigenvalue weighted by Crippen LogP contribution is -2.29. The van der Waals surface area contributed by atoms with Gasteiger partial charge in [0.25, 0.3) is 0 Å². The number of methoxy groups -OCH3 is 1. The molecule has 1 heterocycles. The van der Waals surface area contributed by atoms with Gasteiger partial charge in [-0.2, -0.15) is 0 Å². The van der Waals surface area contributed by atoms with Gasteiger partial charge in [0.2, 0.25) is 0 Å². The number of carbonyl (C=O) groups excluding carboxylic acids is 1. The Morgan fingerprint density at radius 2 is 2.25 bits per heavy atom. The van der Waals surface area contributed by atoms with Crippen LogP contribution >= 0.6 is 0 Å². The van der Waals surface area contributed by atoms with Gasteiger partial charge < -0.3 is 10.1 Å². The third-order valence-corrected chi connectivity index (χ3v) is 2.47. The van der Waals surface area contributed by atoms with Crippen molar-refractivity contribution in [1.82, 2.24) is 10.3 Å². The Balaban J connectivity index is 2.41. The smallest absolute Gasteiger partial charge is 0.309 e. The van der Waals surface area contributed by atoms with E-state index in [0.29, 0.717) is 6.54 Å². The third kappa shape index (κ3) is 3.62. The standard InChI is InChI=1S/C12H18N2O2/c1-9(12(15)16-3)8-14-10(2)11-6-4-5-7-13-11/h4-7,9-10,14H,8H2,1-3H3. The Morgan fingerprint density at radius 3 is 2.81 bits per heavy atom. The van der Waals surface area contributed by atoms with Crippen LogP contribution in [0.4, 0.5) is 0 Å². The second-order valence-corrected chi connectivity index (χ2v) is 3.81. The number of aromatic nitrogens is 1. The van der Waals surface area contributed by atoms with Crippen LogP contribution < -0.4 is 5.32 Å². The molecule has 16 heavy (non-hydrogen) atoms. The average molecular weight is 222 g/mol. The van der Waals surface area contributed by atoms with E-state index in [4.69, 9.17) is 0 Å². The van der Waals surface area contributed by atoms with Gasteiger partial charge in [-0.3, -0.25) is 9.78 Å². The van der Waals surface area contributed by atoms with E-state index in [1.165, 1.54) is 7.11 Å². The van der Waals surface area contributed by atoms with Crippen molar-refractivity contribution in [3.8, 4) is 0 Å². The zero-order chi connectivity index (χ0) is 12.0. The minimum Gasteiger partial charge on any atom is -0.469 e. The van der Waals surface area contributed by atoms with E-state index in [1.807, 2.05) is 32.0 Å². The van der Waals surface area contributed by atoms with Gasteiger partial charge in [-0.1, -0.05) is 13.0 Å². The highest BCUT2D eigenvalue weighted by molar-refractivity contribution is 5.72. The molecule has 0 aliphatic heterocycles. The number of carbonyl (C=O) groups is 1. The van der Waals surface area contributed by atoms with E-state index in [2.05, 4.69) is 15.0 Å². The van der Waals surface area contributed by atoms with Crippen LogP contribution in [0.2, 0.25) is 0 Å². The number of nitrogens with one attached hydrogen (secondary N) is 1. The zero-order valence-electron chi connectivity index (χ0n) is 9.93. The van der Waals surface area contributed by atoms with Crippen LogP contribution in [-0.4, -0.2) is 24.6 Å². The van der Waals surface area contributed by atoms with Crippen molar-refractivity contribution in [3.05, 3.63) is 30.1 Å². The van der Waals surface area contributed by atoms with Crippen LogP contribution in [0.5, 0.6) is 0 Å². The van der Waals surface area contributed by atoms with Gasteiger partial charge in [-0.05, 0) is 19.1 Å². The van der Waals surface area contributed by atoms with E-state index in [1.54, 1.807) is 6.20 Å². The second-order valence-electron chi connectivity index (χ2n) is 3.81. The Bertz CT molecular complexity index is 327. The number of rotatable bonds is 5. The molecule has 1 rings (SSSR count). The summed E-state index contributed by atoms with van der Waals surface area (Å²) < 4.78 is 4.66. The molecule has 0 radical (unpaired) electrons. The SMILES string of the molecule is COC(=O)C(C)CNC(C)c1ccccn1. The summed E-state index contributed by atoms with van der Waals surface area (Å²) in [6.07, 6.45) is 1.76. The van der Waals surface area contributed by atoms with Crippen molar-refractivity contribution < 1.29 is 9.53 Å². The van der Waals surface area contributed by atoms with Gasteiger partial charge in [0, 0.05) is 18.8 Å². The molecule has 0 bridgehead atoms. The predicted octanol–water partition coefficient (Wildman–Crippen LogP) is 1.54. The van der Waals surface area contributed by atoms with E-state index >= 15 is 0 Å². The average Bonchev–Trinajstić information content (AvgIpc) is 2.35. The minimum atomic E-state index is -0.194. The van der Waals surface area contributed by atoms with Crippen LogP contribution in [0.15, 0.2) is 24.4 Å². The van der Waals surface area contributed by atoms with Crippen molar-refractivity contribution in [3.63, 3.8) is 0 Å². The van der Waals surface area contributed by atoms with Crippen molar-refractivity contribution in [1.29, 1.82) is 0 Å². The maximum atomic E-state index is 11.2. The van der Waals surface area contributed by atoms with Gasteiger partial charge in [-0.15, -0.1) is 0 Å². The van der Waals surface area contributed by atoms with Crippen LogP contribution in [-0.2, 0) is 9.53 Å². The Labute approximate surface area is 96.0 Å². The number of pyridine rings is 1. The van der Waals surface area contributed by atoms with Gasteiger partial charge in [0.1, 0.15) is 0 Å². The first-order valence-corrected chi connectivity index (χ1v) is 5.37. The molecule has 2 atom stereocenters. The summed E-state index contributed by atoms with van der Waals surface area (Å²) in [4.78, 5) is 15.4. The summed E-state index contributed by atoms with van der Waals surface area (Å²) in [5, 5.41) is 3.25. The largest absolute Gasteiger partial charge is 0.469 e. The van der Waals surface area contributed by atoms with Crippen molar-refractivity contribution in [2.75, 3.05) is 13.7 Å². The molecule has 0 spiro atoms. The molecule has 0 aliphatic carbocycles. The molecule has 0 saturated carbocycles. The summed E-state index contributed by atoms with van der Waals surface area (Å²) in [5.41, 5.74) is 0.972. The highest BCUT2D eigenvalue weighted by atomic mass is 16.5. The van der Waals surface area contributed by atoms with E-state index in [0.717, 1.165) is 5.69 Å². The van der Waals surface area contributed by atoms with E-state index < -0.39 is 0 Å². The molecule has 0 amide bonds. The number of hydrogen-bond acceptors (Lipinski definition) is 4. The lowest BCUT2D eigenvalue weighted by molar-refractivity contribution is -0.144. The van der Waals surface area contributed by atoms with Crippen LogP contribution in [0.3, 0.4) is 0 Å². The fourth-order valence-corrected chi connectivity index (χ4v) is 1.37. The lowest BCUT2D eigenvalue weighted by Gasteiger charge is -2.15. The summed E-state index contributed by atoms with van der Waals surface area (Å²) in [6.45, 7) is 4.45. The third-order valence-electron chi connectivity index (χ3n) is 2.47. The Morgan fingerprint density at radius 1 is 1.50 bits per heavy atom. The van der Waals surface area contributed by atoms with Gasteiger partial charge in [0.05, 0.1) is 18.7 Å². The first kappa shape index (κ1) is 12.6. The first-order valence-electron chi connectivity index (χ1n) is 5.37. The molecule has 0 aromatic carbocycles. The van der Waals surface area contributed by atoms with Gasteiger partial charge in [-0.25, -0.2) is 0 Å². The molecule has 0 aliphatic rings. The Hall–Kier alpha value is -1.42. The maximum Gasteiger partial charge on any atom is 0.309 e. The molecule has 4 heteroatoms. The number of ether oxygens (including phenoxy) is 1. The number of hydrogen-bond donors (Lipinski definition) is 1. The van der Waals surface area contributed by atoms with Crippen LogP contribution in [0.1, 0.15) is 25.6 Å². The van der Waals surface area contributed by atoms with E-state index in [9.17, 15) is 4.79 Å². The highest BCUT2D eigenvalue weighted by Gasteiger charge is 2.14. The molecule has 88 valence electrons. The summed E-state index contributed by atoms with van der Waals surface area (Å²) in [7, 11) is 1.40. The molecule has 4 nitrogen and oxygen atoms in total. The number of nitrogens with zero attached hydrogens (tertiary/aromatic N) is 1. The molecule has 1 aromatic rings. The van der Waals surface area contributed by atoms with Crippen molar-refractivity contribution in [2.45, 2.75) is 19.9 Å². The number of esters is 1. The quantitative estimate of drug-likeness (QED) is 0.768. The minimum absolute atomic E-state index is 0.133. The topological polar surface area (TPSA) is 51.2 Å². The molecule has 1 N–H and O–H groups in total. The maximum absolute atomic E-state index is 11.2. The lowest BCUT2D eigenvalue weighted by atomic mass is 10.1. The summed E-state index contributed by atoms with van der Waals surface area (Å²) in [6, 6.07) is 5.92. The molecule has 0 fully saturated rings. The molecule has 1 aromatic heterocycles.